The Balaban J connectivity index is 1.16. The van der Waals surface area contributed by atoms with Crippen molar-refractivity contribution in [1.29, 1.82) is 0 Å². The quantitative estimate of drug-likeness (QED) is 0.151. The van der Waals surface area contributed by atoms with E-state index in [0.29, 0.717) is 5.56 Å². The summed E-state index contributed by atoms with van der Waals surface area (Å²) in [6, 6.07) is 57.1. The molecule has 0 aliphatic heterocycles. The maximum atomic E-state index is 10.5. The third-order valence-electron chi connectivity index (χ3n) is 9.79. The molecule has 10 rings (SSSR count). The van der Waals surface area contributed by atoms with Crippen LogP contribution in [0.4, 0.5) is 0 Å². The van der Waals surface area contributed by atoms with Crippen molar-refractivity contribution in [2.24, 2.45) is 0 Å². The van der Waals surface area contributed by atoms with Crippen molar-refractivity contribution in [3.05, 3.63) is 164 Å². The van der Waals surface area contributed by atoms with Gasteiger partial charge >= 0.3 is 0 Å². The molecule has 3 nitrogen and oxygen atoms in total. The van der Waals surface area contributed by atoms with Crippen molar-refractivity contribution < 1.29 is 5.11 Å². The van der Waals surface area contributed by atoms with E-state index in [0.717, 1.165) is 38.1 Å². The summed E-state index contributed by atoms with van der Waals surface area (Å²) in [4.78, 5) is 12.6. The Morgan fingerprint density at radius 2 is 0.860 bits per heavy atom. The van der Waals surface area contributed by atoms with Crippen LogP contribution >= 0.6 is 11.3 Å². The molecule has 0 saturated heterocycles. The summed E-state index contributed by atoms with van der Waals surface area (Å²) in [5.41, 5.74) is 7.78. The number of hydrogen-bond donors (Lipinski definition) is 1. The van der Waals surface area contributed by atoms with Crippen LogP contribution in [0.25, 0.3) is 97.5 Å². The second-order valence-electron chi connectivity index (χ2n) is 12.7. The molecule has 0 amide bonds. The Morgan fingerprint density at radius 3 is 1.56 bits per heavy atom. The molecule has 0 atom stereocenters. The van der Waals surface area contributed by atoms with E-state index in [1.165, 1.54) is 53.9 Å². The first-order valence-corrected chi connectivity index (χ1v) is 17.5. The number of thiophene rings is 1. The minimum Gasteiger partial charge on any atom is -0.507 e. The number of pyridine rings is 2. The highest BCUT2D eigenvalue weighted by Gasteiger charge is 2.19. The number of nitrogens with zero attached hydrogens (tertiary/aromatic N) is 2. The monoisotopic (exact) mass is 656 g/mol. The fourth-order valence-electron chi connectivity index (χ4n) is 7.48. The van der Waals surface area contributed by atoms with Gasteiger partial charge in [-0.1, -0.05) is 127 Å². The Bertz CT molecular complexity index is 2900. The molecule has 0 aliphatic carbocycles. The van der Waals surface area contributed by atoms with Crippen molar-refractivity contribution in [1.82, 2.24) is 9.97 Å². The SMILES string of the molecule is Oc1ccccc1-c1ccc2ccc3ccc(-c4ccc(-c5c6ccccc6c(-c6cccc7ccccc67)c6ccccc56)s4)nc3c2n1. The van der Waals surface area contributed by atoms with Crippen LogP contribution < -0.4 is 0 Å². The maximum Gasteiger partial charge on any atom is 0.124 e. The molecular weight excluding hydrogens is 629 g/mol. The molecular formula is C46H28N2OS. The second kappa shape index (κ2) is 11.4. The minimum atomic E-state index is 0.213. The van der Waals surface area contributed by atoms with Gasteiger partial charge in [-0.2, -0.15) is 0 Å². The zero-order chi connectivity index (χ0) is 33.2. The summed E-state index contributed by atoms with van der Waals surface area (Å²) in [6.45, 7) is 0. The molecule has 3 aromatic heterocycles. The lowest BCUT2D eigenvalue weighted by atomic mass is 9.86. The highest BCUT2D eigenvalue weighted by Crippen LogP contribution is 2.47. The summed E-state index contributed by atoms with van der Waals surface area (Å²) in [5, 5.41) is 20.0. The summed E-state index contributed by atoms with van der Waals surface area (Å²) < 4.78 is 0. The molecule has 10 aromatic rings. The summed E-state index contributed by atoms with van der Waals surface area (Å²) in [6.07, 6.45) is 0. The molecule has 50 heavy (non-hydrogen) atoms. The van der Waals surface area contributed by atoms with E-state index in [-0.39, 0.29) is 5.75 Å². The van der Waals surface area contributed by atoms with Gasteiger partial charge in [0.2, 0.25) is 0 Å². The van der Waals surface area contributed by atoms with Gasteiger partial charge < -0.3 is 5.11 Å². The summed E-state index contributed by atoms with van der Waals surface area (Å²) in [5.74, 6) is 0.213. The van der Waals surface area contributed by atoms with Crippen molar-refractivity contribution in [2.75, 3.05) is 0 Å². The molecule has 0 bridgehead atoms. The molecule has 0 unspecified atom stereocenters. The highest BCUT2D eigenvalue weighted by molar-refractivity contribution is 7.19. The lowest BCUT2D eigenvalue weighted by molar-refractivity contribution is 0.477. The topological polar surface area (TPSA) is 46.0 Å². The number of aromatic nitrogens is 2. The number of aromatic hydroxyl groups is 1. The van der Waals surface area contributed by atoms with Gasteiger partial charge in [-0.3, -0.25) is 0 Å². The van der Waals surface area contributed by atoms with Crippen LogP contribution in [0, 0.1) is 0 Å². The van der Waals surface area contributed by atoms with E-state index in [4.69, 9.17) is 9.97 Å². The van der Waals surface area contributed by atoms with Crippen molar-refractivity contribution >= 4 is 65.5 Å². The fourth-order valence-corrected chi connectivity index (χ4v) is 8.53. The Hall–Kier alpha value is -6.36. The van der Waals surface area contributed by atoms with Crippen molar-refractivity contribution in [3.8, 4) is 49.1 Å². The molecule has 0 spiro atoms. The summed E-state index contributed by atoms with van der Waals surface area (Å²) >= 11 is 1.77. The average Bonchev–Trinajstić information content (AvgIpc) is 3.66. The standard InChI is InChI=1S/C46H28N2OS/c49-40-19-8-7-17-37(40)38-24-22-29-20-21-30-23-25-39(48-46(30)45(29)47-38)41-26-27-42(50-41)44-35-15-5-3-13-33(35)43(34-14-4-6-16-36(34)44)32-18-9-11-28-10-1-2-12-31(28)32/h1-27,49H. The third kappa shape index (κ3) is 4.50. The second-order valence-corrected chi connectivity index (χ2v) is 13.7. The largest absolute Gasteiger partial charge is 0.507 e. The van der Waals surface area contributed by atoms with Crippen LogP contribution in [0.2, 0.25) is 0 Å². The molecule has 3 heterocycles. The number of hydrogen-bond acceptors (Lipinski definition) is 4. The minimum absolute atomic E-state index is 0.213. The first-order chi connectivity index (χ1) is 24.7. The maximum absolute atomic E-state index is 10.5. The zero-order valence-electron chi connectivity index (χ0n) is 26.8. The predicted octanol–water partition coefficient (Wildman–Crippen LogP) is 12.7. The number of rotatable bonds is 4. The van der Waals surface area contributed by atoms with E-state index in [1.807, 2.05) is 24.3 Å². The van der Waals surface area contributed by atoms with Crippen LogP contribution in [-0.4, -0.2) is 15.1 Å². The normalized spacial score (nSPS) is 11.7. The first-order valence-electron chi connectivity index (χ1n) is 16.7. The molecule has 234 valence electrons. The van der Waals surface area contributed by atoms with E-state index in [9.17, 15) is 5.11 Å². The first kappa shape index (κ1) is 28.6. The van der Waals surface area contributed by atoms with Crippen LogP contribution in [-0.2, 0) is 0 Å². The molecule has 0 aliphatic rings. The number of phenolic OH excluding ortho intramolecular Hbond substituents is 1. The van der Waals surface area contributed by atoms with E-state index >= 15 is 0 Å². The number of phenols is 1. The van der Waals surface area contributed by atoms with Gasteiger partial charge in [-0.25, -0.2) is 9.97 Å². The van der Waals surface area contributed by atoms with Gasteiger partial charge in [-0.05, 0) is 79.8 Å². The van der Waals surface area contributed by atoms with Gasteiger partial charge in [0.05, 0.1) is 27.3 Å². The molecule has 7 aromatic carbocycles. The van der Waals surface area contributed by atoms with Crippen molar-refractivity contribution in [2.45, 2.75) is 0 Å². The van der Waals surface area contributed by atoms with Crippen LogP contribution in [0.1, 0.15) is 0 Å². The Kier molecular flexibility index (Phi) is 6.51. The third-order valence-corrected chi connectivity index (χ3v) is 10.9. The van der Waals surface area contributed by atoms with Gasteiger partial charge in [-0.15, -0.1) is 11.3 Å². The molecule has 0 radical (unpaired) electrons. The van der Waals surface area contributed by atoms with Crippen LogP contribution in [0.3, 0.4) is 0 Å². The number of fused-ring (bicyclic) bond motifs is 6. The zero-order valence-corrected chi connectivity index (χ0v) is 27.7. The average molecular weight is 657 g/mol. The van der Waals surface area contributed by atoms with Gasteiger partial charge in [0.15, 0.2) is 0 Å². The Morgan fingerprint density at radius 1 is 0.360 bits per heavy atom. The van der Waals surface area contributed by atoms with E-state index < -0.39 is 0 Å². The van der Waals surface area contributed by atoms with E-state index in [1.54, 1.807) is 17.4 Å². The Labute approximate surface area is 292 Å². The smallest absolute Gasteiger partial charge is 0.124 e. The van der Waals surface area contributed by atoms with Crippen molar-refractivity contribution in [3.63, 3.8) is 0 Å². The summed E-state index contributed by atoms with van der Waals surface area (Å²) in [7, 11) is 0. The fraction of sp³-hybridized carbons (Fsp3) is 0. The lowest BCUT2D eigenvalue weighted by Crippen LogP contribution is -1.90. The molecule has 4 heteroatoms. The van der Waals surface area contributed by atoms with Gasteiger partial charge in [0.25, 0.3) is 0 Å². The van der Waals surface area contributed by atoms with Gasteiger partial charge in [0, 0.05) is 26.8 Å². The molecule has 1 N–H and O–H groups in total. The van der Waals surface area contributed by atoms with Crippen LogP contribution in [0.15, 0.2) is 164 Å². The highest BCUT2D eigenvalue weighted by atomic mass is 32.1. The van der Waals surface area contributed by atoms with Crippen LogP contribution in [0.5, 0.6) is 5.75 Å². The van der Waals surface area contributed by atoms with E-state index in [2.05, 4.69) is 133 Å². The predicted molar refractivity (Wildman–Crippen MR) is 211 cm³/mol. The molecule has 0 saturated carbocycles. The number of benzene rings is 7. The molecule has 0 fully saturated rings. The number of para-hydroxylation sites is 1. The lowest BCUT2D eigenvalue weighted by Gasteiger charge is -2.18. The van der Waals surface area contributed by atoms with Gasteiger partial charge in [0.1, 0.15) is 5.75 Å².